The molecule has 16 heavy (non-hydrogen) atoms. The number of pyridine rings is 1. The van der Waals surface area contributed by atoms with Gasteiger partial charge in [0.2, 0.25) is 5.88 Å². The molecular weight excluding hydrogens is 206 g/mol. The number of rotatable bonds is 3. The van der Waals surface area contributed by atoms with Crippen molar-refractivity contribution in [2.75, 3.05) is 13.7 Å². The molecule has 0 spiro atoms. The minimum atomic E-state index is -0.626. The van der Waals surface area contributed by atoms with Gasteiger partial charge in [0.1, 0.15) is 6.10 Å². The monoisotopic (exact) mass is 221 g/mol. The van der Waals surface area contributed by atoms with Crippen molar-refractivity contribution in [2.24, 2.45) is 0 Å². The predicted octanol–water partition coefficient (Wildman–Crippen LogP) is 1.82. The van der Waals surface area contributed by atoms with Gasteiger partial charge in [-0.15, -0.1) is 0 Å². The molecule has 0 fully saturated rings. The number of hydrogen-bond acceptors (Lipinski definition) is 4. The van der Waals surface area contributed by atoms with Gasteiger partial charge in [0, 0.05) is 17.8 Å². The van der Waals surface area contributed by atoms with E-state index in [9.17, 15) is 5.11 Å². The summed E-state index contributed by atoms with van der Waals surface area (Å²) in [6.45, 7) is 0.733. The summed E-state index contributed by atoms with van der Waals surface area (Å²) < 4.78 is 10.2. The Balaban J connectivity index is 2.13. The van der Waals surface area contributed by atoms with Gasteiger partial charge in [-0.25, -0.2) is 4.98 Å². The van der Waals surface area contributed by atoms with Gasteiger partial charge in [-0.3, -0.25) is 0 Å². The molecule has 4 heteroatoms. The Bertz CT molecular complexity index is 372. The molecule has 1 N–H and O–H groups in total. The maximum absolute atomic E-state index is 10.1. The standard InChI is InChI=1S/C12H15NO3/c1-15-11-5-4-9(7-13-11)12(14)10-3-2-6-16-8-10/h4-5,7-8,12,14H,2-3,6H2,1H3. The number of nitrogens with zero attached hydrogens (tertiary/aromatic N) is 1. The van der Waals surface area contributed by atoms with Crippen LogP contribution in [0.15, 0.2) is 30.2 Å². The summed E-state index contributed by atoms with van der Waals surface area (Å²) >= 11 is 0. The van der Waals surface area contributed by atoms with Crippen LogP contribution in [-0.2, 0) is 4.74 Å². The van der Waals surface area contributed by atoms with Crippen LogP contribution in [0.4, 0.5) is 0 Å². The summed E-state index contributed by atoms with van der Waals surface area (Å²) in [6, 6.07) is 3.55. The van der Waals surface area contributed by atoms with Gasteiger partial charge < -0.3 is 14.6 Å². The molecule has 0 amide bonds. The molecule has 2 rings (SSSR count). The highest BCUT2D eigenvalue weighted by atomic mass is 16.5. The molecule has 0 aliphatic carbocycles. The Hall–Kier alpha value is -1.55. The smallest absolute Gasteiger partial charge is 0.212 e. The molecule has 86 valence electrons. The van der Waals surface area contributed by atoms with Crippen LogP contribution in [0.5, 0.6) is 5.88 Å². The quantitative estimate of drug-likeness (QED) is 0.845. The third-order valence-corrected chi connectivity index (χ3v) is 2.60. The van der Waals surface area contributed by atoms with Gasteiger partial charge in [0.25, 0.3) is 0 Å². The van der Waals surface area contributed by atoms with E-state index in [2.05, 4.69) is 4.98 Å². The fraction of sp³-hybridized carbons (Fsp3) is 0.417. The molecular formula is C12H15NO3. The second-order valence-electron chi connectivity index (χ2n) is 3.70. The van der Waals surface area contributed by atoms with E-state index < -0.39 is 6.10 Å². The van der Waals surface area contributed by atoms with Crippen LogP contribution in [-0.4, -0.2) is 23.8 Å². The molecule has 0 aromatic carbocycles. The van der Waals surface area contributed by atoms with Crippen molar-refractivity contribution in [1.82, 2.24) is 4.98 Å². The highest BCUT2D eigenvalue weighted by molar-refractivity contribution is 5.26. The van der Waals surface area contributed by atoms with Crippen LogP contribution in [0.1, 0.15) is 24.5 Å². The van der Waals surface area contributed by atoms with Crippen molar-refractivity contribution in [3.8, 4) is 5.88 Å². The van der Waals surface area contributed by atoms with Crippen molar-refractivity contribution >= 4 is 0 Å². The molecule has 1 atom stereocenters. The summed E-state index contributed by atoms with van der Waals surface area (Å²) in [5.41, 5.74) is 1.66. The van der Waals surface area contributed by atoms with E-state index in [1.807, 2.05) is 6.07 Å². The molecule has 0 bridgehead atoms. The van der Waals surface area contributed by atoms with E-state index in [-0.39, 0.29) is 0 Å². The number of hydrogen-bond donors (Lipinski definition) is 1. The fourth-order valence-corrected chi connectivity index (χ4v) is 1.67. The normalized spacial score (nSPS) is 17.2. The van der Waals surface area contributed by atoms with E-state index in [1.165, 1.54) is 0 Å². The molecule has 0 saturated carbocycles. The summed E-state index contributed by atoms with van der Waals surface area (Å²) in [4.78, 5) is 4.06. The lowest BCUT2D eigenvalue weighted by molar-refractivity contribution is 0.170. The minimum absolute atomic E-state index is 0.546. The molecule has 0 radical (unpaired) electrons. The SMILES string of the molecule is COc1ccc(C(O)C2=COCCC2)cn1. The molecule has 1 aliphatic rings. The summed E-state index contributed by atoms with van der Waals surface area (Å²) in [5, 5.41) is 10.1. The molecule has 1 unspecified atom stereocenters. The lowest BCUT2D eigenvalue weighted by Crippen LogP contribution is -2.08. The Morgan fingerprint density at radius 2 is 2.38 bits per heavy atom. The molecule has 1 aromatic rings. The van der Waals surface area contributed by atoms with Gasteiger partial charge in [0.05, 0.1) is 20.0 Å². The summed E-state index contributed by atoms with van der Waals surface area (Å²) in [5.74, 6) is 0.546. The van der Waals surface area contributed by atoms with Crippen LogP contribution in [0.2, 0.25) is 0 Å². The topological polar surface area (TPSA) is 51.6 Å². The molecule has 1 aromatic heterocycles. The van der Waals surface area contributed by atoms with E-state index in [0.717, 1.165) is 30.6 Å². The van der Waals surface area contributed by atoms with Gasteiger partial charge in [-0.05, 0) is 24.5 Å². The Morgan fingerprint density at radius 1 is 1.50 bits per heavy atom. The van der Waals surface area contributed by atoms with Crippen LogP contribution in [0, 0.1) is 0 Å². The van der Waals surface area contributed by atoms with Crippen LogP contribution < -0.4 is 4.74 Å². The lowest BCUT2D eigenvalue weighted by Gasteiger charge is -2.18. The number of methoxy groups -OCH3 is 1. The van der Waals surface area contributed by atoms with Gasteiger partial charge in [-0.2, -0.15) is 0 Å². The highest BCUT2D eigenvalue weighted by Gasteiger charge is 2.16. The number of aliphatic hydroxyl groups is 1. The third kappa shape index (κ3) is 2.33. The fourth-order valence-electron chi connectivity index (χ4n) is 1.67. The Morgan fingerprint density at radius 3 is 2.94 bits per heavy atom. The maximum atomic E-state index is 10.1. The zero-order chi connectivity index (χ0) is 11.4. The summed E-state index contributed by atoms with van der Waals surface area (Å²) in [6.07, 6.45) is 4.47. The molecule has 2 heterocycles. The largest absolute Gasteiger partial charge is 0.501 e. The zero-order valence-electron chi connectivity index (χ0n) is 9.22. The summed E-state index contributed by atoms with van der Waals surface area (Å²) in [7, 11) is 1.57. The van der Waals surface area contributed by atoms with E-state index >= 15 is 0 Å². The van der Waals surface area contributed by atoms with E-state index in [1.54, 1.807) is 25.6 Å². The Labute approximate surface area is 94.5 Å². The number of aliphatic hydroxyl groups excluding tert-OH is 1. The van der Waals surface area contributed by atoms with Gasteiger partial charge in [0.15, 0.2) is 0 Å². The second kappa shape index (κ2) is 4.99. The Kier molecular flexibility index (Phi) is 3.41. The van der Waals surface area contributed by atoms with Crippen LogP contribution in [0.25, 0.3) is 0 Å². The average molecular weight is 221 g/mol. The first kappa shape index (κ1) is 11.0. The highest BCUT2D eigenvalue weighted by Crippen LogP contribution is 2.27. The second-order valence-corrected chi connectivity index (χ2v) is 3.70. The molecule has 0 saturated heterocycles. The van der Waals surface area contributed by atoms with E-state index in [4.69, 9.17) is 9.47 Å². The predicted molar refractivity (Wildman–Crippen MR) is 59.0 cm³/mol. The van der Waals surface area contributed by atoms with Crippen molar-refractivity contribution < 1.29 is 14.6 Å². The number of aromatic nitrogens is 1. The van der Waals surface area contributed by atoms with Crippen molar-refractivity contribution in [2.45, 2.75) is 18.9 Å². The first-order chi connectivity index (χ1) is 7.81. The lowest BCUT2D eigenvalue weighted by atomic mass is 9.99. The average Bonchev–Trinajstić information content (AvgIpc) is 2.39. The first-order valence-corrected chi connectivity index (χ1v) is 5.30. The third-order valence-electron chi connectivity index (χ3n) is 2.60. The van der Waals surface area contributed by atoms with Crippen LogP contribution in [0.3, 0.4) is 0 Å². The minimum Gasteiger partial charge on any atom is -0.501 e. The number of ether oxygens (including phenoxy) is 2. The van der Waals surface area contributed by atoms with Crippen molar-refractivity contribution in [1.29, 1.82) is 0 Å². The zero-order valence-corrected chi connectivity index (χ0v) is 9.22. The van der Waals surface area contributed by atoms with Crippen molar-refractivity contribution in [3.63, 3.8) is 0 Å². The molecule has 1 aliphatic heterocycles. The first-order valence-electron chi connectivity index (χ1n) is 5.30. The van der Waals surface area contributed by atoms with E-state index in [0.29, 0.717) is 5.88 Å². The van der Waals surface area contributed by atoms with Crippen LogP contribution >= 0.6 is 0 Å². The van der Waals surface area contributed by atoms with Crippen molar-refractivity contribution in [3.05, 3.63) is 35.7 Å². The molecule has 4 nitrogen and oxygen atoms in total. The van der Waals surface area contributed by atoms with Gasteiger partial charge in [-0.1, -0.05) is 0 Å². The maximum Gasteiger partial charge on any atom is 0.212 e. The van der Waals surface area contributed by atoms with Gasteiger partial charge >= 0.3 is 0 Å².